The minimum Gasteiger partial charge on any atom is -0.439 e. The summed E-state index contributed by atoms with van der Waals surface area (Å²) in [5.41, 5.74) is -7.12. The monoisotopic (exact) mass is 892 g/mol. The second kappa shape index (κ2) is 21.4. The van der Waals surface area contributed by atoms with Gasteiger partial charge in [0.25, 0.3) is 0 Å². The van der Waals surface area contributed by atoms with Crippen LogP contribution in [0.25, 0.3) is 0 Å². The van der Waals surface area contributed by atoms with Crippen molar-refractivity contribution in [1.29, 1.82) is 0 Å². The van der Waals surface area contributed by atoms with Crippen molar-refractivity contribution in [3.63, 3.8) is 0 Å². The summed E-state index contributed by atoms with van der Waals surface area (Å²) in [6, 6.07) is 16.9. The average molecular weight is 894 g/mol. The number of halogens is 8. The fourth-order valence-corrected chi connectivity index (χ4v) is 5.47. The van der Waals surface area contributed by atoms with Crippen molar-refractivity contribution < 1.29 is 64.9 Å². The Labute approximate surface area is 367 Å². The number of ether oxygens (including phenoxy) is 2. The molecule has 6 aromatic rings. The molecule has 4 aromatic heterocycles. The standard InChI is InChI=1S/C17H14ClF3N4O2S.C17H14ClF3N4O2.C4H9.Li/c1-16(26,8-25-15(28)22-9-23-25)12-6-7-13(24-14(12)17(19,20)21)27-11-4-2-10(18)3-5-11;1-16(26,8-25-10-22-9-23-25)13-6-7-14(24-15(13)17(19,20)21)27-12-4-2-11(18)3-5-12;1-3-4-2;/h2-7,9,26H,8H2,1H3,(H,22,23,28);2-7,9-10,26H,8H2,1H3;1,3-4H2,2H3;/q;;-1;+1. The number of benzene rings is 2. The van der Waals surface area contributed by atoms with Crippen LogP contribution in [0.3, 0.4) is 0 Å². The van der Waals surface area contributed by atoms with Crippen LogP contribution in [0.5, 0.6) is 23.3 Å². The third-order valence-corrected chi connectivity index (χ3v) is 8.71. The normalized spacial score (nSPS) is 13.3. The van der Waals surface area contributed by atoms with E-state index < -0.39 is 46.1 Å². The van der Waals surface area contributed by atoms with Crippen LogP contribution in [0, 0.1) is 11.7 Å². The fraction of sp³-hybridized carbons (Fsp3) is 0.289. The molecule has 0 aliphatic rings. The number of aromatic nitrogens is 8. The van der Waals surface area contributed by atoms with E-state index in [1.807, 2.05) is 0 Å². The minimum atomic E-state index is -4.81. The molecule has 0 saturated heterocycles. The quantitative estimate of drug-likeness (QED) is 0.0521. The van der Waals surface area contributed by atoms with E-state index in [2.05, 4.69) is 44.0 Å². The minimum absolute atomic E-state index is 0. The molecule has 12 nitrogen and oxygen atoms in total. The van der Waals surface area contributed by atoms with Crippen LogP contribution in [-0.4, -0.2) is 49.7 Å². The third-order valence-electron chi connectivity index (χ3n) is 7.88. The number of rotatable bonds is 11. The summed E-state index contributed by atoms with van der Waals surface area (Å²) in [4.78, 5) is 14.6. The van der Waals surface area contributed by atoms with Gasteiger partial charge in [-0.3, -0.25) is 9.78 Å². The second-order valence-electron chi connectivity index (χ2n) is 12.9. The SMILES string of the molecule is CC(O)(Cn1[nH]cnc1=S)c1ccc(Oc2ccc(Cl)cc2)nc1C(F)(F)F.CC(O)(Cn1cncn1)c1ccc(Oc2ccc(Cl)cc2)nc1C(F)(F)F.[CH2-]CCC.[Li+]. The molecule has 4 heterocycles. The zero-order chi connectivity index (χ0) is 43.6. The summed E-state index contributed by atoms with van der Waals surface area (Å²) >= 11 is 16.5. The van der Waals surface area contributed by atoms with E-state index in [9.17, 15) is 36.6 Å². The maximum absolute atomic E-state index is 13.6. The number of pyridine rings is 2. The number of hydrogen-bond acceptors (Lipinski definition) is 10. The van der Waals surface area contributed by atoms with Gasteiger partial charge < -0.3 is 26.6 Å². The maximum Gasteiger partial charge on any atom is 1.00 e. The predicted molar refractivity (Wildman–Crippen MR) is 208 cm³/mol. The van der Waals surface area contributed by atoms with Gasteiger partial charge in [-0.1, -0.05) is 36.5 Å². The number of aromatic amines is 1. The van der Waals surface area contributed by atoms with Crippen LogP contribution in [0.2, 0.25) is 10.0 Å². The van der Waals surface area contributed by atoms with E-state index in [1.165, 1.54) is 97.1 Å². The molecule has 3 N–H and O–H groups in total. The molecule has 2 unspecified atom stereocenters. The molecule has 2 atom stereocenters. The van der Waals surface area contributed by atoms with Crippen molar-refractivity contribution in [2.24, 2.45) is 0 Å². The van der Waals surface area contributed by atoms with Gasteiger partial charge in [0.05, 0.1) is 13.1 Å². The molecule has 22 heteroatoms. The molecule has 60 heavy (non-hydrogen) atoms. The van der Waals surface area contributed by atoms with Crippen LogP contribution in [-0.2, 0) is 36.6 Å². The van der Waals surface area contributed by atoms with Crippen LogP contribution >= 0.6 is 35.4 Å². The molecule has 0 bridgehead atoms. The number of nitrogens with one attached hydrogen (secondary N) is 1. The Hall–Kier alpha value is -4.48. The Balaban J connectivity index is 0.000000290. The summed E-state index contributed by atoms with van der Waals surface area (Å²) in [5, 5.41) is 28.7. The number of unbranched alkanes of at least 4 members (excludes halogenated alkanes) is 1. The van der Waals surface area contributed by atoms with Crippen LogP contribution in [0.1, 0.15) is 56.1 Å². The van der Waals surface area contributed by atoms with Crippen molar-refractivity contribution in [2.45, 2.75) is 70.3 Å². The van der Waals surface area contributed by atoms with Gasteiger partial charge in [-0.2, -0.15) is 37.9 Å². The van der Waals surface area contributed by atoms with Crippen molar-refractivity contribution >= 4 is 35.4 Å². The van der Waals surface area contributed by atoms with E-state index >= 15 is 0 Å². The molecule has 0 radical (unpaired) electrons. The van der Waals surface area contributed by atoms with Gasteiger partial charge in [0, 0.05) is 33.3 Å². The topological polar surface area (TPSA) is 149 Å². The van der Waals surface area contributed by atoms with Crippen LogP contribution < -0.4 is 28.3 Å². The Bertz CT molecular complexity index is 2310. The first-order chi connectivity index (χ1) is 27.6. The predicted octanol–water partition coefficient (Wildman–Crippen LogP) is 7.38. The van der Waals surface area contributed by atoms with E-state index in [4.69, 9.17) is 44.9 Å². The molecule has 0 aliphatic heterocycles. The molecule has 0 amide bonds. The van der Waals surface area contributed by atoms with Gasteiger partial charge >= 0.3 is 31.2 Å². The van der Waals surface area contributed by atoms with Gasteiger partial charge in [-0.15, -0.1) is 0 Å². The van der Waals surface area contributed by atoms with Crippen molar-refractivity contribution in [3.8, 4) is 23.3 Å². The zero-order valence-corrected chi connectivity index (χ0v) is 34.8. The van der Waals surface area contributed by atoms with Gasteiger partial charge in [-0.25, -0.2) is 24.6 Å². The molecule has 0 saturated carbocycles. The summed E-state index contributed by atoms with van der Waals surface area (Å²) in [5.74, 6) is 0.0211. The Morgan fingerprint density at radius 1 is 0.750 bits per heavy atom. The van der Waals surface area contributed by atoms with Crippen LogP contribution in [0.15, 0.2) is 91.8 Å². The molecule has 316 valence electrons. The number of H-pyrrole nitrogens is 1. The molecule has 6 rings (SSSR count). The second-order valence-corrected chi connectivity index (χ2v) is 14.2. The molecule has 2 aromatic carbocycles. The van der Waals surface area contributed by atoms with E-state index in [0.717, 1.165) is 18.6 Å². The van der Waals surface area contributed by atoms with Gasteiger partial charge in [0.1, 0.15) is 41.7 Å². The molecule has 0 spiro atoms. The number of aliphatic hydroxyl groups is 2. The number of alkyl halides is 6. The molecule has 0 aliphatic carbocycles. The smallest absolute Gasteiger partial charge is 0.439 e. The molecular formula is C38H37Cl2F6LiN8O4S. The first kappa shape index (κ1) is 49.9. The third kappa shape index (κ3) is 14.3. The summed E-state index contributed by atoms with van der Waals surface area (Å²) < 4.78 is 94.8. The van der Waals surface area contributed by atoms with Crippen molar-refractivity contribution in [2.75, 3.05) is 0 Å². The van der Waals surface area contributed by atoms with Crippen molar-refractivity contribution in [3.05, 3.63) is 136 Å². The molecule has 0 fully saturated rings. The first-order valence-electron chi connectivity index (χ1n) is 17.3. The molecular weight excluding hydrogens is 856 g/mol. The van der Waals surface area contributed by atoms with E-state index in [0.29, 0.717) is 10.0 Å². The summed E-state index contributed by atoms with van der Waals surface area (Å²) in [7, 11) is 0. The Morgan fingerprint density at radius 2 is 1.18 bits per heavy atom. The zero-order valence-electron chi connectivity index (χ0n) is 32.5. The number of nitrogens with zero attached hydrogens (tertiary/aromatic N) is 7. The Morgan fingerprint density at radius 3 is 1.53 bits per heavy atom. The van der Waals surface area contributed by atoms with Gasteiger partial charge in [0.15, 0.2) is 11.4 Å². The van der Waals surface area contributed by atoms with Crippen LogP contribution in [0.4, 0.5) is 26.3 Å². The number of hydrogen-bond donors (Lipinski definition) is 3. The summed E-state index contributed by atoms with van der Waals surface area (Å²) in [6.07, 6.45) is -3.52. The maximum atomic E-state index is 13.6. The largest absolute Gasteiger partial charge is 1.00 e. The van der Waals surface area contributed by atoms with Crippen molar-refractivity contribution in [1.82, 2.24) is 39.5 Å². The first-order valence-corrected chi connectivity index (χ1v) is 18.5. The van der Waals surface area contributed by atoms with E-state index in [-0.39, 0.29) is 60.0 Å². The Kier molecular flexibility index (Phi) is 17.7. The fourth-order valence-electron chi connectivity index (χ4n) is 5.04. The van der Waals surface area contributed by atoms with Gasteiger partial charge in [-0.05, 0) is 86.7 Å². The van der Waals surface area contributed by atoms with Gasteiger partial charge in [0.2, 0.25) is 16.5 Å². The summed E-state index contributed by atoms with van der Waals surface area (Å²) in [6.45, 7) is 7.71. The van der Waals surface area contributed by atoms with E-state index in [1.54, 1.807) is 12.1 Å². The average Bonchev–Trinajstić information content (AvgIpc) is 3.83.